The van der Waals surface area contributed by atoms with Crippen molar-refractivity contribution in [1.82, 2.24) is 9.80 Å². The van der Waals surface area contributed by atoms with Gasteiger partial charge in [0.05, 0.1) is 24.4 Å². The van der Waals surface area contributed by atoms with E-state index in [4.69, 9.17) is 27.9 Å². The topological polar surface area (TPSA) is 104 Å². The number of imide groups is 2. The van der Waals surface area contributed by atoms with Gasteiger partial charge in [0.2, 0.25) is 11.8 Å². The van der Waals surface area contributed by atoms with Crippen molar-refractivity contribution in [1.29, 1.82) is 0 Å². The SMILES string of the molecule is COc1ccc(C2C3=CCC4C(=O)N(C)C(=O)C4C3CC3(Cl)C(=O)N(CBr)C(=O)C23Cl)c(O)c1. The van der Waals surface area contributed by atoms with E-state index in [1.165, 1.54) is 20.2 Å². The molecular formula is C23H21BrCl2N2O6. The Hall–Kier alpha value is -2.10. The van der Waals surface area contributed by atoms with Gasteiger partial charge in [-0.15, -0.1) is 23.2 Å². The van der Waals surface area contributed by atoms with Crippen LogP contribution in [0.5, 0.6) is 11.5 Å². The Morgan fingerprint density at radius 2 is 1.85 bits per heavy atom. The predicted octanol–water partition coefficient (Wildman–Crippen LogP) is 2.74. The van der Waals surface area contributed by atoms with Crippen LogP contribution in [0.25, 0.3) is 0 Å². The van der Waals surface area contributed by atoms with E-state index in [-0.39, 0.29) is 41.4 Å². The summed E-state index contributed by atoms with van der Waals surface area (Å²) in [6, 6.07) is 4.59. The molecule has 0 aromatic heterocycles. The highest BCUT2D eigenvalue weighted by molar-refractivity contribution is 9.09. The lowest BCUT2D eigenvalue weighted by atomic mass is 9.56. The number of rotatable bonds is 3. The summed E-state index contributed by atoms with van der Waals surface area (Å²) >= 11 is 17.3. The first-order valence-electron chi connectivity index (χ1n) is 10.7. The van der Waals surface area contributed by atoms with Crippen LogP contribution in [0.15, 0.2) is 29.8 Å². The lowest BCUT2D eigenvalue weighted by Crippen LogP contribution is -2.60. The van der Waals surface area contributed by atoms with Crippen molar-refractivity contribution in [2.24, 2.45) is 17.8 Å². The molecule has 180 valence electrons. The van der Waals surface area contributed by atoms with Crippen LogP contribution in [-0.2, 0) is 19.2 Å². The Kier molecular flexibility index (Phi) is 5.35. The van der Waals surface area contributed by atoms with Gasteiger partial charge in [-0.05, 0) is 24.8 Å². The van der Waals surface area contributed by atoms with Gasteiger partial charge in [-0.3, -0.25) is 29.0 Å². The monoisotopic (exact) mass is 570 g/mol. The molecule has 2 saturated heterocycles. The third kappa shape index (κ3) is 2.72. The number of hydrogen-bond acceptors (Lipinski definition) is 6. The number of phenols is 1. The highest BCUT2D eigenvalue weighted by Gasteiger charge is 2.76. The normalized spacial score (nSPS) is 36.9. The van der Waals surface area contributed by atoms with Gasteiger partial charge in [0.25, 0.3) is 11.8 Å². The summed E-state index contributed by atoms with van der Waals surface area (Å²) in [5, 5.41) is 10.9. The molecule has 3 fully saturated rings. The van der Waals surface area contributed by atoms with E-state index in [0.29, 0.717) is 11.3 Å². The number of likely N-dealkylation sites (tertiary alicyclic amines) is 2. The highest BCUT2D eigenvalue weighted by Crippen LogP contribution is 2.66. The standard InChI is InChI=1S/C23H21BrCl2N2O6/c1-27-18(30)13-6-5-11-14(16(13)19(27)31)8-22(25)20(32)28(9-24)21(33)23(22,26)17(11)12-4-3-10(34-2)7-15(12)29/h3-5,7,13-14,16-17,29H,6,8-9H2,1-2H3. The first kappa shape index (κ1) is 23.6. The van der Waals surface area contributed by atoms with Crippen molar-refractivity contribution in [2.75, 3.05) is 19.6 Å². The summed E-state index contributed by atoms with van der Waals surface area (Å²) in [6.45, 7) is 0. The molecule has 5 rings (SSSR count). The summed E-state index contributed by atoms with van der Waals surface area (Å²) in [7, 11) is 2.89. The Labute approximate surface area is 213 Å². The largest absolute Gasteiger partial charge is 0.508 e. The van der Waals surface area contributed by atoms with Gasteiger partial charge in [0.1, 0.15) is 11.5 Å². The molecule has 0 bridgehead atoms. The molecule has 4 amide bonds. The van der Waals surface area contributed by atoms with Gasteiger partial charge >= 0.3 is 0 Å². The first-order valence-corrected chi connectivity index (χ1v) is 12.6. The van der Waals surface area contributed by atoms with E-state index in [2.05, 4.69) is 15.9 Å². The number of carbonyl (C=O) groups is 4. The molecular weight excluding hydrogens is 551 g/mol. The minimum Gasteiger partial charge on any atom is -0.508 e. The minimum atomic E-state index is -1.95. The van der Waals surface area contributed by atoms with Gasteiger partial charge in [-0.2, -0.15) is 0 Å². The van der Waals surface area contributed by atoms with Crippen LogP contribution >= 0.6 is 39.1 Å². The molecule has 1 saturated carbocycles. The number of halogens is 3. The van der Waals surface area contributed by atoms with Crippen LogP contribution in [0.1, 0.15) is 24.3 Å². The summed E-state index contributed by atoms with van der Waals surface area (Å²) in [4.78, 5) is 51.1. The number of nitrogens with zero attached hydrogens (tertiary/aromatic N) is 2. The summed E-state index contributed by atoms with van der Waals surface area (Å²) in [5.41, 5.74) is 0.810. The number of carbonyl (C=O) groups excluding carboxylic acids is 4. The fraction of sp³-hybridized carbons (Fsp3) is 0.478. The van der Waals surface area contributed by atoms with Crippen LogP contribution in [0.2, 0.25) is 0 Å². The van der Waals surface area contributed by atoms with Crippen LogP contribution < -0.4 is 4.74 Å². The van der Waals surface area contributed by atoms with E-state index in [9.17, 15) is 24.3 Å². The Bertz CT molecular complexity index is 1190. The molecule has 2 aliphatic heterocycles. The Balaban J connectivity index is 1.76. The number of allylic oxidation sites excluding steroid dienone is 2. The van der Waals surface area contributed by atoms with Gasteiger partial charge in [0.15, 0.2) is 9.75 Å². The molecule has 11 heteroatoms. The van der Waals surface area contributed by atoms with Crippen molar-refractivity contribution in [3.8, 4) is 11.5 Å². The van der Waals surface area contributed by atoms with E-state index >= 15 is 0 Å². The molecule has 34 heavy (non-hydrogen) atoms. The lowest BCUT2D eigenvalue weighted by Gasteiger charge is -2.50. The molecule has 4 aliphatic rings. The third-order valence-electron chi connectivity index (χ3n) is 7.78. The van der Waals surface area contributed by atoms with Crippen molar-refractivity contribution < 1.29 is 29.0 Å². The van der Waals surface area contributed by atoms with Crippen LogP contribution in [0.3, 0.4) is 0 Å². The van der Waals surface area contributed by atoms with Crippen molar-refractivity contribution in [2.45, 2.75) is 28.5 Å². The number of hydrogen-bond donors (Lipinski definition) is 1. The zero-order chi connectivity index (χ0) is 24.7. The van der Waals surface area contributed by atoms with E-state index < -0.39 is 45.2 Å². The van der Waals surface area contributed by atoms with Crippen LogP contribution in [-0.4, -0.2) is 67.9 Å². The number of phenolic OH excluding ortho intramolecular Hbond substituents is 1. The molecule has 2 aliphatic carbocycles. The maximum atomic E-state index is 13.6. The van der Waals surface area contributed by atoms with Crippen LogP contribution in [0.4, 0.5) is 0 Å². The van der Waals surface area contributed by atoms with Gasteiger partial charge < -0.3 is 9.84 Å². The third-order valence-corrected chi connectivity index (χ3v) is 9.70. The van der Waals surface area contributed by atoms with E-state index in [0.717, 1.165) is 9.80 Å². The van der Waals surface area contributed by atoms with Crippen molar-refractivity contribution in [3.05, 3.63) is 35.4 Å². The van der Waals surface area contributed by atoms with Crippen molar-refractivity contribution >= 4 is 62.8 Å². The molecule has 1 aromatic rings. The summed E-state index contributed by atoms with van der Waals surface area (Å²) < 4.78 is 5.19. The number of aromatic hydroxyl groups is 1. The van der Waals surface area contributed by atoms with Crippen LogP contribution in [0, 0.1) is 17.8 Å². The average Bonchev–Trinajstić information content (AvgIpc) is 3.12. The first-order chi connectivity index (χ1) is 16.0. The zero-order valence-electron chi connectivity index (χ0n) is 18.3. The molecule has 1 aromatic carbocycles. The molecule has 8 nitrogen and oxygen atoms in total. The fourth-order valence-corrected chi connectivity index (χ4v) is 7.57. The molecule has 6 unspecified atom stereocenters. The summed E-state index contributed by atoms with van der Waals surface area (Å²) in [6.07, 6.45) is 2.02. The van der Waals surface area contributed by atoms with Crippen molar-refractivity contribution in [3.63, 3.8) is 0 Å². The smallest absolute Gasteiger partial charge is 0.254 e. The molecule has 2 heterocycles. The van der Waals surface area contributed by atoms with Gasteiger partial charge in [0, 0.05) is 24.6 Å². The maximum Gasteiger partial charge on any atom is 0.254 e. The molecule has 6 atom stereocenters. The van der Waals surface area contributed by atoms with Gasteiger partial charge in [-0.25, -0.2) is 0 Å². The lowest BCUT2D eigenvalue weighted by molar-refractivity contribution is -0.140. The molecule has 1 N–H and O–H groups in total. The number of ether oxygens (including phenoxy) is 1. The Morgan fingerprint density at radius 1 is 1.15 bits per heavy atom. The number of benzene rings is 1. The highest BCUT2D eigenvalue weighted by atomic mass is 79.9. The summed E-state index contributed by atoms with van der Waals surface area (Å²) in [5.74, 6) is -4.69. The quantitative estimate of drug-likeness (QED) is 0.259. The average molecular weight is 572 g/mol. The minimum absolute atomic E-state index is 0.0839. The second-order valence-electron chi connectivity index (χ2n) is 9.15. The number of amides is 4. The fourth-order valence-electron chi connectivity index (χ4n) is 6.15. The second-order valence-corrected chi connectivity index (χ2v) is 10.9. The molecule has 0 spiro atoms. The molecule has 0 radical (unpaired) electrons. The van der Waals surface area contributed by atoms with Gasteiger partial charge in [-0.1, -0.05) is 33.6 Å². The maximum absolute atomic E-state index is 13.6. The number of fused-ring (bicyclic) bond motifs is 4. The van der Waals surface area contributed by atoms with E-state index in [1.807, 2.05) is 6.08 Å². The number of methoxy groups -OCH3 is 1. The van der Waals surface area contributed by atoms with E-state index in [1.54, 1.807) is 12.1 Å². The Morgan fingerprint density at radius 3 is 2.47 bits per heavy atom. The second kappa shape index (κ2) is 7.70. The predicted molar refractivity (Wildman–Crippen MR) is 126 cm³/mol. The zero-order valence-corrected chi connectivity index (χ0v) is 21.4. The number of alkyl halides is 3.